The van der Waals surface area contributed by atoms with Gasteiger partial charge in [-0.25, -0.2) is 17.6 Å². The lowest BCUT2D eigenvalue weighted by Crippen LogP contribution is -2.16. The van der Waals surface area contributed by atoms with Gasteiger partial charge in [-0.05, 0) is 25.1 Å². The van der Waals surface area contributed by atoms with E-state index in [4.69, 9.17) is 5.11 Å². The Morgan fingerprint density at radius 2 is 2.16 bits per heavy atom. The van der Waals surface area contributed by atoms with Crippen molar-refractivity contribution in [3.05, 3.63) is 29.7 Å². The molecule has 3 N–H and O–H groups in total. The van der Waals surface area contributed by atoms with Gasteiger partial charge in [-0.15, -0.1) is 0 Å². The molecule has 0 aliphatic heterocycles. The number of hydrogen-bond acceptors (Lipinski definition) is 3. The molecule has 0 saturated carbocycles. The van der Waals surface area contributed by atoms with Crippen LogP contribution in [0.15, 0.2) is 18.2 Å². The number of rotatable bonds is 4. The van der Waals surface area contributed by atoms with Crippen molar-refractivity contribution in [2.45, 2.75) is 6.92 Å². The fourth-order valence-electron chi connectivity index (χ4n) is 1.66. The summed E-state index contributed by atoms with van der Waals surface area (Å²) in [7, 11) is -3.66. The van der Waals surface area contributed by atoms with Crippen LogP contribution in [0.25, 0.3) is 10.9 Å². The minimum Gasteiger partial charge on any atom is -0.477 e. The number of carbonyl (C=O) groups is 1. The van der Waals surface area contributed by atoms with Crippen LogP contribution in [0.2, 0.25) is 0 Å². The molecular weight excluding hydrogens is 275 g/mol. The summed E-state index contributed by atoms with van der Waals surface area (Å²) >= 11 is 0. The van der Waals surface area contributed by atoms with Crippen LogP contribution in [0.3, 0.4) is 0 Å². The van der Waals surface area contributed by atoms with Crippen LogP contribution in [0.5, 0.6) is 0 Å². The monoisotopic (exact) mass is 286 g/mol. The van der Waals surface area contributed by atoms with Crippen LogP contribution in [-0.4, -0.2) is 30.2 Å². The second-order valence-electron chi connectivity index (χ2n) is 3.88. The average molecular weight is 286 g/mol. The first-order valence-corrected chi connectivity index (χ1v) is 7.04. The van der Waals surface area contributed by atoms with E-state index in [1.54, 1.807) is 0 Å². The molecule has 0 fully saturated rings. The summed E-state index contributed by atoms with van der Waals surface area (Å²) in [5, 5.41) is 9.22. The normalized spacial score (nSPS) is 11.7. The number of hydrogen-bond donors (Lipinski definition) is 3. The first-order chi connectivity index (χ1) is 8.84. The molecule has 6 nitrogen and oxygen atoms in total. The number of carboxylic acid groups (broad SMARTS) is 1. The topological polar surface area (TPSA) is 99.3 Å². The molecule has 1 aromatic carbocycles. The van der Waals surface area contributed by atoms with Crippen molar-refractivity contribution in [3.8, 4) is 0 Å². The number of anilines is 1. The van der Waals surface area contributed by atoms with E-state index < -0.39 is 21.8 Å². The number of benzene rings is 1. The van der Waals surface area contributed by atoms with Gasteiger partial charge in [-0.3, -0.25) is 4.72 Å². The van der Waals surface area contributed by atoms with Crippen LogP contribution < -0.4 is 4.72 Å². The van der Waals surface area contributed by atoms with Gasteiger partial charge in [0.15, 0.2) is 0 Å². The van der Waals surface area contributed by atoms with Gasteiger partial charge in [-0.1, -0.05) is 0 Å². The zero-order valence-corrected chi connectivity index (χ0v) is 10.7. The van der Waals surface area contributed by atoms with Gasteiger partial charge in [0, 0.05) is 10.9 Å². The predicted octanol–water partition coefficient (Wildman–Crippen LogP) is 1.77. The second kappa shape index (κ2) is 4.54. The zero-order chi connectivity index (χ0) is 14.2. The van der Waals surface area contributed by atoms with Crippen LogP contribution >= 0.6 is 0 Å². The molecule has 0 spiro atoms. The molecule has 1 aromatic heterocycles. The van der Waals surface area contributed by atoms with E-state index in [1.165, 1.54) is 13.0 Å². The Balaban J connectivity index is 2.71. The number of halogens is 1. The summed E-state index contributed by atoms with van der Waals surface area (Å²) < 4.78 is 38.5. The minimum absolute atomic E-state index is 0.149. The molecule has 1 heterocycles. The Morgan fingerprint density at radius 1 is 1.47 bits per heavy atom. The van der Waals surface area contributed by atoms with Crippen LogP contribution in [0.1, 0.15) is 17.4 Å². The fourth-order valence-corrected chi connectivity index (χ4v) is 2.33. The fraction of sp³-hybridized carbons (Fsp3) is 0.182. The van der Waals surface area contributed by atoms with E-state index in [2.05, 4.69) is 9.71 Å². The van der Waals surface area contributed by atoms with Gasteiger partial charge in [0.2, 0.25) is 10.0 Å². The molecule has 0 aliphatic carbocycles. The largest absolute Gasteiger partial charge is 0.477 e. The SMILES string of the molecule is CCS(=O)(=O)Nc1c(C(=O)O)[nH]c2ccc(F)cc12. The predicted molar refractivity (Wildman–Crippen MR) is 68.3 cm³/mol. The van der Waals surface area contributed by atoms with Gasteiger partial charge in [0.25, 0.3) is 0 Å². The third-order valence-electron chi connectivity index (χ3n) is 2.61. The molecule has 8 heteroatoms. The highest BCUT2D eigenvalue weighted by molar-refractivity contribution is 7.92. The summed E-state index contributed by atoms with van der Waals surface area (Å²) in [5.74, 6) is -2.13. The molecule has 19 heavy (non-hydrogen) atoms. The number of aromatic carboxylic acids is 1. The third kappa shape index (κ3) is 2.53. The molecule has 0 radical (unpaired) electrons. The number of sulfonamides is 1. The maximum absolute atomic E-state index is 13.2. The molecule has 0 unspecified atom stereocenters. The van der Waals surface area contributed by atoms with Crippen molar-refractivity contribution in [2.24, 2.45) is 0 Å². The maximum Gasteiger partial charge on any atom is 0.354 e. The van der Waals surface area contributed by atoms with Gasteiger partial charge >= 0.3 is 5.97 Å². The third-order valence-corrected chi connectivity index (χ3v) is 3.89. The minimum atomic E-state index is -3.66. The lowest BCUT2D eigenvalue weighted by atomic mass is 10.2. The summed E-state index contributed by atoms with van der Waals surface area (Å²) in [6.45, 7) is 1.41. The molecule has 0 bridgehead atoms. The summed E-state index contributed by atoms with van der Waals surface area (Å²) in [4.78, 5) is 13.6. The lowest BCUT2D eigenvalue weighted by Gasteiger charge is -2.05. The summed E-state index contributed by atoms with van der Waals surface area (Å²) in [6.07, 6.45) is 0. The van der Waals surface area contributed by atoms with Crippen molar-refractivity contribution < 1.29 is 22.7 Å². The molecule has 0 atom stereocenters. The van der Waals surface area contributed by atoms with E-state index >= 15 is 0 Å². The van der Waals surface area contributed by atoms with Gasteiger partial charge in [-0.2, -0.15) is 0 Å². The Kier molecular flexibility index (Phi) is 3.19. The Bertz CT molecular complexity index is 751. The van der Waals surface area contributed by atoms with Crippen LogP contribution in [-0.2, 0) is 10.0 Å². The number of H-pyrrole nitrogens is 1. The molecule has 0 amide bonds. The molecular formula is C11H11FN2O4S. The first kappa shape index (κ1) is 13.3. The summed E-state index contributed by atoms with van der Waals surface area (Å²) in [5.41, 5.74) is -0.130. The van der Waals surface area contributed by atoms with E-state index in [0.717, 1.165) is 12.1 Å². The molecule has 2 aromatic rings. The van der Waals surface area contributed by atoms with Gasteiger partial charge in [0.1, 0.15) is 11.5 Å². The van der Waals surface area contributed by atoms with Crippen molar-refractivity contribution in [1.82, 2.24) is 4.98 Å². The Morgan fingerprint density at radius 3 is 2.74 bits per heavy atom. The number of nitrogens with one attached hydrogen (secondary N) is 2. The van der Waals surface area contributed by atoms with Crippen molar-refractivity contribution in [1.29, 1.82) is 0 Å². The Labute approximate surface area is 108 Å². The first-order valence-electron chi connectivity index (χ1n) is 5.39. The zero-order valence-electron chi connectivity index (χ0n) is 9.90. The number of aromatic amines is 1. The highest BCUT2D eigenvalue weighted by Crippen LogP contribution is 2.29. The average Bonchev–Trinajstić information content (AvgIpc) is 2.67. The molecule has 102 valence electrons. The van der Waals surface area contributed by atoms with Crippen LogP contribution in [0, 0.1) is 5.82 Å². The lowest BCUT2D eigenvalue weighted by molar-refractivity contribution is 0.0692. The van der Waals surface area contributed by atoms with Crippen LogP contribution in [0.4, 0.5) is 10.1 Å². The highest BCUT2D eigenvalue weighted by Gasteiger charge is 2.21. The van der Waals surface area contributed by atoms with E-state index in [0.29, 0.717) is 5.52 Å². The number of fused-ring (bicyclic) bond motifs is 1. The molecule has 0 aliphatic rings. The van der Waals surface area contributed by atoms with E-state index in [-0.39, 0.29) is 22.5 Å². The highest BCUT2D eigenvalue weighted by atomic mass is 32.2. The van der Waals surface area contributed by atoms with Crippen molar-refractivity contribution >= 4 is 32.6 Å². The standard InChI is InChI=1S/C11H11FN2O4S/c1-2-19(17,18)14-9-7-5-6(12)3-4-8(7)13-10(9)11(15)16/h3-5,13-14H,2H2,1H3,(H,15,16). The van der Waals surface area contributed by atoms with E-state index in [1.807, 2.05) is 0 Å². The van der Waals surface area contributed by atoms with Gasteiger partial charge < -0.3 is 10.1 Å². The van der Waals surface area contributed by atoms with Crippen molar-refractivity contribution in [2.75, 3.05) is 10.5 Å². The second-order valence-corrected chi connectivity index (χ2v) is 5.89. The maximum atomic E-state index is 13.2. The Hall–Kier alpha value is -2.09. The molecule has 0 saturated heterocycles. The van der Waals surface area contributed by atoms with E-state index in [9.17, 15) is 17.6 Å². The van der Waals surface area contributed by atoms with Crippen molar-refractivity contribution in [3.63, 3.8) is 0 Å². The number of aromatic nitrogens is 1. The smallest absolute Gasteiger partial charge is 0.354 e. The molecule has 2 rings (SSSR count). The summed E-state index contributed by atoms with van der Waals surface area (Å²) in [6, 6.07) is 3.58. The number of carboxylic acids is 1. The quantitative estimate of drug-likeness (QED) is 0.797. The van der Waals surface area contributed by atoms with Gasteiger partial charge in [0.05, 0.1) is 11.4 Å².